The van der Waals surface area contributed by atoms with Gasteiger partial charge in [-0.15, -0.1) is 6.58 Å². The van der Waals surface area contributed by atoms with Crippen LogP contribution < -0.4 is 5.32 Å². The molecule has 1 rings (SSSR count). The SMILES string of the molecule is C=CC[C@H](NC(=O)[C@H]1CCCO1)C(=O)OC. The highest BCUT2D eigenvalue weighted by molar-refractivity contribution is 5.87. The minimum atomic E-state index is -0.667. The van der Waals surface area contributed by atoms with Gasteiger partial charge in [0.2, 0.25) is 5.91 Å². The molecule has 1 heterocycles. The maximum atomic E-state index is 11.7. The van der Waals surface area contributed by atoms with E-state index in [1.807, 2.05) is 0 Å². The van der Waals surface area contributed by atoms with E-state index >= 15 is 0 Å². The molecule has 1 fully saturated rings. The molecule has 0 aromatic rings. The molecule has 0 aliphatic carbocycles. The van der Waals surface area contributed by atoms with Gasteiger partial charge in [-0.05, 0) is 19.3 Å². The predicted octanol–water partition coefficient (Wildman–Crippen LogP) is 0.399. The van der Waals surface area contributed by atoms with Crippen LogP contribution in [0.25, 0.3) is 0 Å². The van der Waals surface area contributed by atoms with Crippen LogP contribution in [0.15, 0.2) is 12.7 Å². The van der Waals surface area contributed by atoms with Crippen LogP contribution in [0, 0.1) is 0 Å². The minimum absolute atomic E-state index is 0.255. The Bertz CT molecular complexity index is 271. The number of hydrogen-bond acceptors (Lipinski definition) is 4. The first-order chi connectivity index (χ1) is 7.69. The number of carbonyl (C=O) groups excluding carboxylic acids is 2. The van der Waals surface area contributed by atoms with Gasteiger partial charge in [-0.3, -0.25) is 4.79 Å². The Hall–Kier alpha value is -1.36. The fourth-order valence-corrected chi connectivity index (χ4v) is 1.57. The molecule has 16 heavy (non-hydrogen) atoms. The molecule has 0 saturated carbocycles. The summed E-state index contributed by atoms with van der Waals surface area (Å²) in [4.78, 5) is 23.0. The van der Waals surface area contributed by atoms with Crippen LogP contribution in [0.1, 0.15) is 19.3 Å². The van der Waals surface area contributed by atoms with Crippen molar-refractivity contribution in [2.75, 3.05) is 13.7 Å². The van der Waals surface area contributed by atoms with Gasteiger partial charge < -0.3 is 14.8 Å². The van der Waals surface area contributed by atoms with E-state index in [1.165, 1.54) is 7.11 Å². The zero-order chi connectivity index (χ0) is 12.0. The van der Waals surface area contributed by atoms with Crippen LogP contribution in [-0.4, -0.2) is 37.7 Å². The number of ether oxygens (including phenoxy) is 2. The summed E-state index contributed by atoms with van der Waals surface area (Å²) in [6.45, 7) is 4.13. The fraction of sp³-hybridized carbons (Fsp3) is 0.636. The van der Waals surface area contributed by atoms with Crippen LogP contribution in [0.3, 0.4) is 0 Å². The van der Waals surface area contributed by atoms with Crippen molar-refractivity contribution >= 4 is 11.9 Å². The van der Waals surface area contributed by atoms with Gasteiger partial charge in [0.25, 0.3) is 0 Å². The van der Waals surface area contributed by atoms with Crippen LogP contribution in [-0.2, 0) is 19.1 Å². The summed E-state index contributed by atoms with van der Waals surface area (Å²) in [5.74, 6) is -0.721. The lowest BCUT2D eigenvalue weighted by molar-refractivity contribution is -0.146. The van der Waals surface area contributed by atoms with Crippen molar-refractivity contribution in [3.63, 3.8) is 0 Å². The molecule has 1 saturated heterocycles. The van der Waals surface area contributed by atoms with Gasteiger partial charge in [0.1, 0.15) is 12.1 Å². The largest absolute Gasteiger partial charge is 0.467 e. The topological polar surface area (TPSA) is 64.6 Å². The van der Waals surface area contributed by atoms with Crippen LogP contribution in [0.5, 0.6) is 0 Å². The maximum Gasteiger partial charge on any atom is 0.328 e. The Labute approximate surface area is 94.8 Å². The van der Waals surface area contributed by atoms with E-state index in [-0.39, 0.29) is 5.91 Å². The zero-order valence-corrected chi connectivity index (χ0v) is 9.40. The van der Waals surface area contributed by atoms with E-state index in [1.54, 1.807) is 6.08 Å². The second kappa shape index (κ2) is 6.27. The number of esters is 1. The highest BCUT2D eigenvalue weighted by atomic mass is 16.5. The van der Waals surface area contributed by atoms with Crippen molar-refractivity contribution in [3.8, 4) is 0 Å². The molecule has 0 aromatic carbocycles. The van der Waals surface area contributed by atoms with Gasteiger partial charge >= 0.3 is 5.97 Å². The molecule has 5 heteroatoms. The number of amides is 1. The van der Waals surface area contributed by atoms with Crippen molar-refractivity contribution < 1.29 is 19.1 Å². The van der Waals surface area contributed by atoms with E-state index in [9.17, 15) is 9.59 Å². The number of rotatable bonds is 5. The third-order valence-corrected chi connectivity index (χ3v) is 2.43. The number of nitrogens with one attached hydrogen (secondary N) is 1. The highest BCUT2D eigenvalue weighted by Crippen LogP contribution is 2.12. The summed E-state index contributed by atoms with van der Waals surface area (Å²) in [6, 6.07) is -0.667. The normalized spacial score (nSPS) is 21.2. The summed E-state index contributed by atoms with van der Waals surface area (Å²) in [5.41, 5.74) is 0. The maximum absolute atomic E-state index is 11.7. The van der Waals surface area contributed by atoms with Crippen molar-refractivity contribution in [1.82, 2.24) is 5.32 Å². The average molecular weight is 227 g/mol. The lowest BCUT2D eigenvalue weighted by atomic mass is 10.1. The standard InChI is InChI=1S/C11H17NO4/c1-3-5-8(11(14)15-2)12-10(13)9-6-4-7-16-9/h3,8-9H,1,4-7H2,2H3,(H,12,13)/t8-,9+/m0/s1. The molecular formula is C11H17NO4. The van der Waals surface area contributed by atoms with Gasteiger partial charge in [-0.1, -0.05) is 6.08 Å². The van der Waals surface area contributed by atoms with Crippen LogP contribution >= 0.6 is 0 Å². The van der Waals surface area contributed by atoms with Crippen molar-refractivity contribution in [2.45, 2.75) is 31.4 Å². The van der Waals surface area contributed by atoms with E-state index in [0.717, 1.165) is 6.42 Å². The molecule has 1 amide bonds. The van der Waals surface area contributed by atoms with Gasteiger partial charge in [0.05, 0.1) is 7.11 Å². The number of hydrogen-bond donors (Lipinski definition) is 1. The smallest absolute Gasteiger partial charge is 0.328 e. The second-order valence-electron chi connectivity index (χ2n) is 3.61. The van der Waals surface area contributed by atoms with Crippen LogP contribution in [0.2, 0.25) is 0 Å². The minimum Gasteiger partial charge on any atom is -0.467 e. The first kappa shape index (κ1) is 12.7. The van der Waals surface area contributed by atoms with Gasteiger partial charge in [-0.25, -0.2) is 4.79 Å². The van der Waals surface area contributed by atoms with Crippen molar-refractivity contribution in [2.24, 2.45) is 0 Å². The van der Waals surface area contributed by atoms with Gasteiger partial charge in [-0.2, -0.15) is 0 Å². The lowest BCUT2D eigenvalue weighted by Gasteiger charge is -2.17. The third-order valence-electron chi connectivity index (χ3n) is 2.43. The average Bonchev–Trinajstić information content (AvgIpc) is 2.80. The summed E-state index contributed by atoms with van der Waals surface area (Å²) < 4.78 is 9.80. The second-order valence-corrected chi connectivity index (χ2v) is 3.61. The highest BCUT2D eigenvalue weighted by Gasteiger charge is 2.27. The molecule has 90 valence electrons. The molecule has 0 aromatic heterocycles. The molecule has 5 nitrogen and oxygen atoms in total. The summed E-state index contributed by atoms with van der Waals surface area (Å²) in [6.07, 6.45) is 3.07. The molecule has 2 atom stereocenters. The molecule has 1 aliphatic rings. The Kier molecular flexibility index (Phi) is 4.98. The third kappa shape index (κ3) is 3.34. The Morgan fingerprint density at radius 3 is 2.94 bits per heavy atom. The van der Waals surface area contributed by atoms with E-state index < -0.39 is 18.1 Å². The first-order valence-corrected chi connectivity index (χ1v) is 5.29. The predicted molar refractivity (Wildman–Crippen MR) is 57.7 cm³/mol. The van der Waals surface area contributed by atoms with Gasteiger partial charge in [0.15, 0.2) is 0 Å². The number of methoxy groups -OCH3 is 1. The first-order valence-electron chi connectivity index (χ1n) is 5.29. The van der Waals surface area contributed by atoms with Crippen molar-refractivity contribution in [3.05, 3.63) is 12.7 Å². The quantitative estimate of drug-likeness (QED) is 0.545. The molecule has 0 bridgehead atoms. The molecule has 0 radical (unpaired) electrons. The summed E-state index contributed by atoms with van der Waals surface area (Å²) in [7, 11) is 1.29. The summed E-state index contributed by atoms with van der Waals surface area (Å²) >= 11 is 0. The van der Waals surface area contributed by atoms with Crippen LogP contribution in [0.4, 0.5) is 0 Å². The fourth-order valence-electron chi connectivity index (χ4n) is 1.57. The molecule has 1 aliphatic heterocycles. The zero-order valence-electron chi connectivity index (χ0n) is 9.40. The lowest BCUT2D eigenvalue weighted by Crippen LogP contribution is -2.45. The van der Waals surface area contributed by atoms with E-state index in [2.05, 4.69) is 16.6 Å². The molecule has 0 unspecified atom stereocenters. The Morgan fingerprint density at radius 2 is 2.44 bits per heavy atom. The van der Waals surface area contributed by atoms with E-state index in [4.69, 9.17) is 4.74 Å². The monoisotopic (exact) mass is 227 g/mol. The molecular weight excluding hydrogens is 210 g/mol. The number of carbonyl (C=O) groups is 2. The van der Waals surface area contributed by atoms with E-state index in [0.29, 0.717) is 19.4 Å². The molecule has 0 spiro atoms. The summed E-state index contributed by atoms with van der Waals surface area (Å²) in [5, 5.41) is 2.60. The molecule has 1 N–H and O–H groups in total. The van der Waals surface area contributed by atoms with Gasteiger partial charge in [0, 0.05) is 6.61 Å². The Morgan fingerprint density at radius 1 is 1.69 bits per heavy atom. The Balaban J connectivity index is 2.49. The van der Waals surface area contributed by atoms with Crippen molar-refractivity contribution in [1.29, 1.82) is 0 Å².